The van der Waals surface area contributed by atoms with Gasteiger partial charge in [-0.05, 0) is 36.4 Å². The van der Waals surface area contributed by atoms with Gasteiger partial charge in [-0.2, -0.15) is 13.2 Å². The van der Waals surface area contributed by atoms with E-state index in [0.717, 1.165) is 17.4 Å². The number of nitrogens with one attached hydrogen (secondary N) is 2. The molecule has 1 aromatic heterocycles. The molecule has 3 aromatic rings. The summed E-state index contributed by atoms with van der Waals surface area (Å²) in [6.07, 6.45) is -4.82. The van der Waals surface area contributed by atoms with Crippen LogP contribution in [0.2, 0.25) is 5.02 Å². The van der Waals surface area contributed by atoms with Gasteiger partial charge in [-0.3, -0.25) is 14.9 Å². The highest BCUT2D eigenvalue weighted by Gasteiger charge is 2.33. The second-order valence-electron chi connectivity index (χ2n) is 5.87. The summed E-state index contributed by atoms with van der Waals surface area (Å²) in [7, 11) is 0. The molecule has 0 saturated carbocycles. The van der Waals surface area contributed by atoms with Crippen LogP contribution in [-0.2, 0) is 17.4 Å². The minimum atomic E-state index is -4.58. The minimum absolute atomic E-state index is 0.237. The number of hydrogen-bond donors (Lipinski definition) is 2. The second kappa shape index (κ2) is 8.62. The molecular formula is C19H13ClF3N3O2S. The average molecular weight is 440 g/mol. The number of thiazole rings is 1. The lowest BCUT2D eigenvalue weighted by Crippen LogP contribution is -2.18. The van der Waals surface area contributed by atoms with Crippen molar-refractivity contribution >= 4 is 45.6 Å². The van der Waals surface area contributed by atoms with Gasteiger partial charge >= 0.3 is 6.18 Å². The number of aromatic nitrogens is 1. The monoisotopic (exact) mass is 439 g/mol. The van der Waals surface area contributed by atoms with Gasteiger partial charge < -0.3 is 5.32 Å². The van der Waals surface area contributed by atoms with Crippen molar-refractivity contribution in [1.82, 2.24) is 4.98 Å². The molecule has 0 atom stereocenters. The van der Waals surface area contributed by atoms with Crippen LogP contribution in [0.5, 0.6) is 0 Å². The summed E-state index contributed by atoms with van der Waals surface area (Å²) in [5.41, 5.74) is -0.546. The summed E-state index contributed by atoms with van der Waals surface area (Å²) in [6, 6.07) is 11.0. The Morgan fingerprint density at radius 2 is 1.72 bits per heavy atom. The molecule has 0 aliphatic rings. The Balaban J connectivity index is 1.62. The van der Waals surface area contributed by atoms with Gasteiger partial charge in [0, 0.05) is 16.0 Å². The van der Waals surface area contributed by atoms with Gasteiger partial charge in [0.15, 0.2) is 5.13 Å². The van der Waals surface area contributed by atoms with Gasteiger partial charge in [-0.1, -0.05) is 23.7 Å². The fourth-order valence-corrected chi connectivity index (χ4v) is 3.25. The maximum atomic E-state index is 13.0. The Labute approximate surface area is 172 Å². The van der Waals surface area contributed by atoms with Crippen LogP contribution in [0.15, 0.2) is 53.9 Å². The Hall–Kier alpha value is -2.91. The van der Waals surface area contributed by atoms with Crippen LogP contribution >= 0.6 is 22.9 Å². The largest absolute Gasteiger partial charge is 0.418 e. The van der Waals surface area contributed by atoms with Gasteiger partial charge in [0.25, 0.3) is 5.91 Å². The number of alkyl halides is 3. The molecule has 2 N–H and O–H groups in total. The maximum Gasteiger partial charge on any atom is 0.418 e. The van der Waals surface area contributed by atoms with Crippen LogP contribution in [0, 0.1) is 0 Å². The number of nitrogens with zero attached hydrogens (tertiary/aromatic N) is 1. The van der Waals surface area contributed by atoms with Gasteiger partial charge in [0.1, 0.15) is 0 Å². The van der Waals surface area contributed by atoms with E-state index < -0.39 is 23.6 Å². The summed E-state index contributed by atoms with van der Waals surface area (Å²) in [5.74, 6) is -1.05. The zero-order valence-electron chi connectivity index (χ0n) is 14.6. The number of anilines is 2. The van der Waals surface area contributed by atoms with Crippen molar-refractivity contribution < 1.29 is 22.8 Å². The summed E-state index contributed by atoms with van der Waals surface area (Å²) in [4.78, 5) is 28.4. The van der Waals surface area contributed by atoms with Crippen LogP contribution < -0.4 is 10.6 Å². The Kier molecular flexibility index (Phi) is 6.19. The van der Waals surface area contributed by atoms with Crippen LogP contribution in [0.1, 0.15) is 21.6 Å². The lowest BCUT2D eigenvalue weighted by Gasteiger charge is -2.13. The lowest BCUT2D eigenvalue weighted by molar-refractivity contribution is -0.137. The van der Waals surface area contributed by atoms with E-state index in [4.69, 9.17) is 11.6 Å². The van der Waals surface area contributed by atoms with E-state index >= 15 is 0 Å². The first-order valence-corrected chi connectivity index (χ1v) is 9.45. The van der Waals surface area contributed by atoms with E-state index in [1.807, 2.05) is 0 Å². The normalized spacial score (nSPS) is 11.2. The predicted molar refractivity (Wildman–Crippen MR) is 105 cm³/mol. The van der Waals surface area contributed by atoms with Crippen molar-refractivity contribution in [3.05, 3.63) is 75.8 Å². The smallest absolute Gasteiger partial charge is 0.325 e. The molecule has 3 rings (SSSR count). The Bertz CT molecular complexity index is 1040. The van der Waals surface area contributed by atoms with E-state index in [1.54, 1.807) is 29.6 Å². The third-order valence-corrected chi connectivity index (χ3v) is 4.79. The first-order valence-electron chi connectivity index (χ1n) is 8.20. The van der Waals surface area contributed by atoms with E-state index in [-0.39, 0.29) is 17.2 Å². The van der Waals surface area contributed by atoms with Crippen LogP contribution in [-0.4, -0.2) is 16.8 Å². The summed E-state index contributed by atoms with van der Waals surface area (Å²) < 4.78 is 39.0. The molecule has 29 heavy (non-hydrogen) atoms. The van der Waals surface area contributed by atoms with Crippen molar-refractivity contribution in [2.45, 2.75) is 12.6 Å². The number of benzene rings is 2. The van der Waals surface area contributed by atoms with E-state index in [2.05, 4.69) is 15.6 Å². The Morgan fingerprint density at radius 3 is 2.41 bits per heavy atom. The highest BCUT2D eigenvalue weighted by atomic mass is 35.5. The molecule has 0 fully saturated rings. The SMILES string of the molecule is O=C(Cc1csc(NC(=O)c2ccc(Cl)cc2)n1)Nc1ccccc1C(F)(F)F. The summed E-state index contributed by atoms with van der Waals surface area (Å²) >= 11 is 6.88. The predicted octanol–water partition coefficient (Wildman–Crippen LogP) is 5.25. The summed E-state index contributed by atoms with van der Waals surface area (Å²) in [5, 5.41) is 7.16. The number of amides is 2. The molecule has 2 amide bonds. The summed E-state index contributed by atoms with van der Waals surface area (Å²) in [6.45, 7) is 0. The quantitative estimate of drug-likeness (QED) is 0.570. The second-order valence-corrected chi connectivity index (χ2v) is 7.17. The molecule has 150 valence electrons. The number of carbonyl (C=O) groups is 2. The fraction of sp³-hybridized carbons (Fsp3) is 0.105. The van der Waals surface area contributed by atoms with Crippen molar-refractivity contribution in [2.24, 2.45) is 0 Å². The number of rotatable bonds is 5. The molecule has 0 bridgehead atoms. The molecule has 1 heterocycles. The molecule has 10 heteroatoms. The van der Waals surface area contributed by atoms with Crippen molar-refractivity contribution in [3.8, 4) is 0 Å². The Morgan fingerprint density at radius 1 is 1.03 bits per heavy atom. The van der Waals surface area contributed by atoms with Crippen LogP contribution in [0.4, 0.5) is 24.0 Å². The first-order chi connectivity index (χ1) is 13.7. The maximum absolute atomic E-state index is 13.0. The zero-order chi connectivity index (χ0) is 21.0. The lowest BCUT2D eigenvalue weighted by atomic mass is 10.1. The molecule has 0 aliphatic heterocycles. The number of halogens is 4. The van der Waals surface area contributed by atoms with Crippen molar-refractivity contribution in [2.75, 3.05) is 10.6 Å². The molecule has 0 spiro atoms. The third kappa shape index (κ3) is 5.55. The number of carbonyl (C=O) groups excluding carboxylic acids is 2. The molecular weight excluding hydrogens is 427 g/mol. The van der Waals surface area contributed by atoms with Crippen LogP contribution in [0.25, 0.3) is 0 Å². The van der Waals surface area contributed by atoms with Gasteiger partial charge in [-0.15, -0.1) is 11.3 Å². The number of para-hydroxylation sites is 1. The molecule has 0 unspecified atom stereocenters. The van der Waals surface area contributed by atoms with Crippen molar-refractivity contribution in [3.63, 3.8) is 0 Å². The van der Waals surface area contributed by atoms with E-state index in [9.17, 15) is 22.8 Å². The number of hydrogen-bond acceptors (Lipinski definition) is 4. The standard InChI is InChI=1S/C19H13ClF3N3O2S/c20-12-7-5-11(6-8-12)17(28)26-18-24-13(10-29-18)9-16(27)25-15-4-2-1-3-14(15)19(21,22)23/h1-8,10H,9H2,(H,25,27)(H,24,26,28). The topological polar surface area (TPSA) is 71.1 Å². The highest BCUT2D eigenvalue weighted by Crippen LogP contribution is 2.34. The zero-order valence-corrected chi connectivity index (χ0v) is 16.2. The highest BCUT2D eigenvalue weighted by molar-refractivity contribution is 7.14. The van der Waals surface area contributed by atoms with Gasteiger partial charge in [0.05, 0.1) is 23.4 Å². The molecule has 5 nitrogen and oxygen atoms in total. The van der Waals surface area contributed by atoms with Crippen LogP contribution in [0.3, 0.4) is 0 Å². The van der Waals surface area contributed by atoms with E-state index in [0.29, 0.717) is 16.3 Å². The average Bonchev–Trinajstić information content (AvgIpc) is 3.08. The molecule has 2 aromatic carbocycles. The van der Waals surface area contributed by atoms with Gasteiger partial charge in [0.2, 0.25) is 5.91 Å². The first kappa shape index (κ1) is 20.8. The van der Waals surface area contributed by atoms with Crippen molar-refractivity contribution in [1.29, 1.82) is 0 Å². The molecule has 0 aliphatic carbocycles. The minimum Gasteiger partial charge on any atom is -0.325 e. The molecule has 0 saturated heterocycles. The fourth-order valence-electron chi connectivity index (χ4n) is 2.41. The third-order valence-electron chi connectivity index (χ3n) is 3.73. The van der Waals surface area contributed by atoms with E-state index in [1.165, 1.54) is 18.2 Å². The van der Waals surface area contributed by atoms with Gasteiger partial charge in [-0.25, -0.2) is 4.98 Å². The molecule has 0 radical (unpaired) electrons.